The van der Waals surface area contributed by atoms with E-state index in [0.29, 0.717) is 23.7 Å². The van der Waals surface area contributed by atoms with Crippen LogP contribution in [0.3, 0.4) is 0 Å². The van der Waals surface area contributed by atoms with E-state index in [2.05, 4.69) is 26.0 Å². The third kappa shape index (κ3) is 7.93. The van der Waals surface area contributed by atoms with E-state index in [1.165, 1.54) is 23.8 Å². The topological polar surface area (TPSA) is 81.0 Å². The van der Waals surface area contributed by atoms with E-state index >= 15 is 0 Å². The molecule has 180 valence electrons. The van der Waals surface area contributed by atoms with Crippen LogP contribution in [0, 0.1) is 0 Å². The zero-order valence-electron chi connectivity index (χ0n) is 20.0. The number of carbonyl (C=O) groups is 1. The quantitative estimate of drug-likeness (QED) is 0.339. The molecule has 2 unspecified atom stereocenters. The Labute approximate surface area is 208 Å². The number of phenolic OH excluding ortho intramolecular Hbond substituents is 2. The van der Waals surface area contributed by atoms with Gasteiger partial charge in [0.25, 0.3) is 0 Å². The molecule has 3 N–H and O–H groups in total. The summed E-state index contributed by atoms with van der Waals surface area (Å²) in [6, 6.07) is 22.5. The Hall–Kier alpha value is -2.75. The van der Waals surface area contributed by atoms with Gasteiger partial charge in [0, 0.05) is 0 Å². The van der Waals surface area contributed by atoms with Crippen molar-refractivity contribution in [1.29, 1.82) is 0 Å². The van der Waals surface area contributed by atoms with Crippen molar-refractivity contribution < 1.29 is 20.1 Å². The average Bonchev–Trinajstić information content (AvgIpc) is 2.77. The molecule has 3 aromatic rings. The Morgan fingerprint density at radius 3 is 2.21 bits per heavy atom. The number of nitrogens with zero attached hydrogens (tertiary/aromatic N) is 1. The first kappa shape index (κ1) is 25.9. The second kappa shape index (κ2) is 11.6. The van der Waals surface area contributed by atoms with Crippen molar-refractivity contribution in [2.24, 2.45) is 0 Å². The number of benzene rings is 3. The molecule has 0 radical (unpaired) electrons. The van der Waals surface area contributed by atoms with Crippen molar-refractivity contribution in [3.05, 3.63) is 95.1 Å². The van der Waals surface area contributed by atoms with Gasteiger partial charge in [-0.15, -0.1) is 0 Å². The molecule has 0 heterocycles. The van der Waals surface area contributed by atoms with Crippen molar-refractivity contribution in [2.75, 3.05) is 7.05 Å². The predicted molar refractivity (Wildman–Crippen MR) is 137 cm³/mol. The Morgan fingerprint density at radius 2 is 1.53 bits per heavy atom. The Morgan fingerprint density at radius 1 is 0.912 bits per heavy atom. The van der Waals surface area contributed by atoms with Gasteiger partial charge in [0.2, 0.25) is 0 Å². The van der Waals surface area contributed by atoms with Gasteiger partial charge in [0.1, 0.15) is 0 Å². The van der Waals surface area contributed by atoms with Gasteiger partial charge >= 0.3 is 203 Å². The number of aromatic hydroxyl groups is 2. The number of likely N-dealkylation sites (N-methyl/N-ethyl adjacent to an activating group) is 1. The third-order valence-electron chi connectivity index (χ3n) is 5.76. The zero-order valence-corrected chi connectivity index (χ0v) is 22.1. The summed E-state index contributed by atoms with van der Waals surface area (Å²) in [6.45, 7) is 5.02. The first-order chi connectivity index (χ1) is 16.1. The minimum absolute atomic E-state index is 0.0471. The van der Waals surface area contributed by atoms with E-state index in [0.717, 1.165) is 17.5 Å². The van der Waals surface area contributed by atoms with Crippen LogP contribution in [0.4, 0.5) is 0 Å². The SMILES string of the molecule is CN(Cc1ccccc1)C(=O)Cc1cccc(CC(C)(C)[AsH]CC(O)c2cc(O)cc(O)c2)c1. The fraction of sp³-hybridized carbons (Fsp3) is 0.321. The van der Waals surface area contributed by atoms with Gasteiger partial charge in [-0.1, -0.05) is 6.07 Å². The van der Waals surface area contributed by atoms with Crippen LogP contribution in [-0.2, 0) is 24.2 Å². The fourth-order valence-electron chi connectivity index (χ4n) is 3.98. The predicted octanol–water partition coefficient (Wildman–Crippen LogP) is 4.63. The van der Waals surface area contributed by atoms with Gasteiger partial charge in [0.05, 0.1) is 0 Å². The summed E-state index contributed by atoms with van der Waals surface area (Å²) in [7, 11) is 1.84. The monoisotopic (exact) mass is 523 g/mol. The van der Waals surface area contributed by atoms with Crippen LogP contribution in [0.2, 0.25) is 9.41 Å². The van der Waals surface area contributed by atoms with Crippen LogP contribution >= 0.6 is 0 Å². The molecule has 0 spiro atoms. The normalized spacial score (nSPS) is 12.7. The summed E-state index contributed by atoms with van der Waals surface area (Å²) in [4.78, 5) is 14.5. The first-order valence-electron chi connectivity index (χ1n) is 11.4. The van der Waals surface area contributed by atoms with E-state index in [1.807, 2.05) is 49.5 Å². The van der Waals surface area contributed by atoms with E-state index in [4.69, 9.17) is 0 Å². The standard InChI is InChI=1S/C28H34AsNO4/c1-28(2,29-18-26(33)23-14-24(31)16-25(32)15-23)17-22-11-7-10-21(12-22)13-27(34)30(3)19-20-8-5-4-6-9-20/h4-12,14-16,26,29,31-33H,13,17-19H2,1-3H3. The zero-order chi connectivity index (χ0) is 24.7. The van der Waals surface area contributed by atoms with Gasteiger partial charge in [-0.2, -0.15) is 0 Å². The van der Waals surface area contributed by atoms with Gasteiger partial charge in [0.15, 0.2) is 0 Å². The molecule has 0 aliphatic heterocycles. The molecule has 0 aliphatic carbocycles. The molecule has 6 heteroatoms. The second-order valence-electron chi connectivity index (χ2n) is 9.47. The van der Waals surface area contributed by atoms with E-state index in [9.17, 15) is 20.1 Å². The molecule has 3 aromatic carbocycles. The van der Waals surface area contributed by atoms with Crippen LogP contribution in [0.1, 0.15) is 42.2 Å². The molecule has 0 saturated heterocycles. The van der Waals surface area contributed by atoms with E-state index in [-0.39, 0.29) is 21.6 Å². The summed E-state index contributed by atoms with van der Waals surface area (Å²) < 4.78 is 0.0482. The first-order valence-corrected chi connectivity index (χ1v) is 14.0. The van der Waals surface area contributed by atoms with Crippen LogP contribution < -0.4 is 0 Å². The van der Waals surface area contributed by atoms with E-state index in [1.54, 1.807) is 4.90 Å². The van der Waals surface area contributed by atoms with Crippen LogP contribution in [-0.4, -0.2) is 48.9 Å². The number of aliphatic hydroxyl groups excluding tert-OH is 1. The maximum atomic E-state index is 12.7. The van der Waals surface area contributed by atoms with E-state index < -0.39 is 21.9 Å². The summed E-state index contributed by atoms with van der Waals surface area (Å²) in [6.07, 6.45) is 0.530. The number of rotatable bonds is 10. The minimum atomic E-state index is -0.707. The summed E-state index contributed by atoms with van der Waals surface area (Å²) in [5, 5.41) is 30.6. The molecule has 0 bridgehead atoms. The molecule has 34 heavy (non-hydrogen) atoms. The van der Waals surface area contributed by atoms with Crippen molar-refractivity contribution in [3.63, 3.8) is 0 Å². The molecule has 3 rings (SSSR count). The number of hydrogen-bond acceptors (Lipinski definition) is 4. The fourth-order valence-corrected chi connectivity index (χ4v) is 6.73. The summed E-state index contributed by atoms with van der Waals surface area (Å²) in [5.74, 6) is -0.00522. The summed E-state index contributed by atoms with van der Waals surface area (Å²) >= 11 is -0.545. The van der Waals surface area contributed by atoms with Gasteiger partial charge in [-0.25, -0.2) is 0 Å². The second-order valence-corrected chi connectivity index (χ2v) is 13.9. The Balaban J connectivity index is 1.56. The summed E-state index contributed by atoms with van der Waals surface area (Å²) in [5.41, 5.74) is 3.85. The Bertz CT molecular complexity index is 1080. The van der Waals surface area contributed by atoms with Crippen molar-refractivity contribution in [3.8, 4) is 11.5 Å². The third-order valence-corrected chi connectivity index (χ3v) is 9.38. The number of hydrogen-bond donors (Lipinski definition) is 3. The molecule has 0 saturated carbocycles. The molecule has 0 fully saturated rings. The molecule has 0 aliphatic rings. The van der Waals surface area contributed by atoms with Crippen molar-refractivity contribution in [2.45, 2.75) is 48.7 Å². The molecule has 0 aromatic heterocycles. The van der Waals surface area contributed by atoms with Crippen LogP contribution in [0.25, 0.3) is 0 Å². The van der Waals surface area contributed by atoms with Gasteiger partial charge in [-0.05, 0) is 0 Å². The molecular weight excluding hydrogens is 489 g/mol. The van der Waals surface area contributed by atoms with Crippen LogP contribution in [0.5, 0.6) is 11.5 Å². The number of aliphatic hydroxyl groups is 1. The van der Waals surface area contributed by atoms with Gasteiger partial charge < -0.3 is 0 Å². The molecule has 5 nitrogen and oxygen atoms in total. The van der Waals surface area contributed by atoms with Crippen molar-refractivity contribution in [1.82, 2.24) is 4.90 Å². The average molecular weight is 524 g/mol. The number of phenols is 2. The maximum absolute atomic E-state index is 12.7. The number of amides is 1. The van der Waals surface area contributed by atoms with Crippen LogP contribution in [0.15, 0.2) is 72.8 Å². The molecule has 1 amide bonds. The molecular formula is C28H34AsNO4. The van der Waals surface area contributed by atoms with Crippen molar-refractivity contribution >= 4 is 21.7 Å². The Kier molecular flexibility index (Phi) is 8.82. The van der Waals surface area contributed by atoms with Gasteiger partial charge in [-0.3, -0.25) is 0 Å². The number of carbonyl (C=O) groups excluding carboxylic acids is 1. The molecule has 2 atom stereocenters.